The first-order valence-electron chi connectivity index (χ1n) is 9.42. The first-order valence-corrected chi connectivity index (χ1v) is 9.42. The van der Waals surface area contributed by atoms with E-state index in [0.29, 0.717) is 5.69 Å². The minimum atomic E-state index is -0.0893. The van der Waals surface area contributed by atoms with Crippen LogP contribution < -0.4 is 10.2 Å². The summed E-state index contributed by atoms with van der Waals surface area (Å²) in [6.07, 6.45) is 6.53. The maximum absolute atomic E-state index is 12.6. The number of pyridine rings is 1. The molecule has 3 atom stereocenters. The molecule has 0 aromatic carbocycles. The van der Waals surface area contributed by atoms with Crippen LogP contribution in [0.3, 0.4) is 0 Å². The van der Waals surface area contributed by atoms with E-state index in [1.165, 1.54) is 32.4 Å². The molecule has 25 heavy (non-hydrogen) atoms. The second-order valence-electron chi connectivity index (χ2n) is 7.71. The summed E-state index contributed by atoms with van der Waals surface area (Å²) in [6.45, 7) is 5.42. The van der Waals surface area contributed by atoms with Gasteiger partial charge in [0.2, 0.25) is 0 Å². The zero-order valence-corrected chi connectivity index (χ0v) is 14.4. The molecule has 1 amide bonds. The number of hydrogen-bond acceptors (Lipinski definition) is 5. The number of aromatic nitrogens is 1. The van der Waals surface area contributed by atoms with Gasteiger partial charge >= 0.3 is 0 Å². The Balaban J connectivity index is 1.32. The van der Waals surface area contributed by atoms with Gasteiger partial charge < -0.3 is 19.5 Å². The lowest BCUT2D eigenvalue weighted by Crippen LogP contribution is -2.47. The number of amides is 1. The largest absolute Gasteiger partial charge is 0.440 e. The van der Waals surface area contributed by atoms with E-state index in [-0.39, 0.29) is 11.9 Å². The number of nitrogens with one attached hydrogen (secondary N) is 1. The standard InChI is InChI=1S/C19H24N4O2/c24-19(21-15-7-13-3-6-22(11-13)12-15)16-9-17-14(10-20-16)8-18(25-17)23-4-1-2-5-23/h8-10,13,15H,1-7,11-12H2,(H,21,24)/t13-,15+/m0/s1. The van der Waals surface area contributed by atoms with Gasteiger partial charge in [0.1, 0.15) is 11.3 Å². The molecule has 3 aliphatic rings. The molecule has 2 aromatic heterocycles. The molecule has 5 heterocycles. The highest BCUT2D eigenvalue weighted by atomic mass is 16.4. The Morgan fingerprint density at radius 2 is 2.08 bits per heavy atom. The minimum absolute atomic E-state index is 0.0893. The van der Waals surface area contributed by atoms with Crippen molar-refractivity contribution >= 4 is 22.8 Å². The number of nitrogens with zero attached hydrogens (tertiary/aromatic N) is 3. The molecular formula is C19H24N4O2. The number of fused-ring (bicyclic) bond motifs is 3. The zero-order valence-electron chi connectivity index (χ0n) is 14.4. The number of piperidine rings is 1. The number of hydrogen-bond donors (Lipinski definition) is 1. The summed E-state index contributed by atoms with van der Waals surface area (Å²) in [6, 6.07) is 4.05. The molecule has 132 valence electrons. The smallest absolute Gasteiger partial charge is 0.270 e. The molecule has 0 radical (unpaired) electrons. The summed E-state index contributed by atoms with van der Waals surface area (Å²) < 4.78 is 5.97. The Morgan fingerprint density at radius 1 is 1.20 bits per heavy atom. The highest BCUT2D eigenvalue weighted by molar-refractivity contribution is 5.95. The molecule has 2 aromatic rings. The van der Waals surface area contributed by atoms with E-state index in [9.17, 15) is 4.79 Å². The van der Waals surface area contributed by atoms with Gasteiger partial charge in [-0.15, -0.1) is 0 Å². The van der Waals surface area contributed by atoms with Crippen LogP contribution in [0, 0.1) is 5.92 Å². The number of rotatable bonds is 3. The lowest BCUT2D eigenvalue weighted by molar-refractivity contribution is 0.0904. The monoisotopic (exact) mass is 340 g/mol. The van der Waals surface area contributed by atoms with E-state index in [2.05, 4.69) is 20.1 Å². The highest BCUT2D eigenvalue weighted by Crippen LogP contribution is 2.29. The third kappa shape index (κ3) is 2.88. The van der Waals surface area contributed by atoms with Gasteiger partial charge in [0.05, 0.1) is 0 Å². The summed E-state index contributed by atoms with van der Waals surface area (Å²) in [5, 5.41) is 4.13. The average molecular weight is 340 g/mol. The van der Waals surface area contributed by atoms with Crippen molar-refractivity contribution in [1.29, 1.82) is 0 Å². The predicted molar refractivity (Wildman–Crippen MR) is 95.9 cm³/mol. The van der Waals surface area contributed by atoms with Crippen molar-refractivity contribution < 1.29 is 9.21 Å². The van der Waals surface area contributed by atoms with Crippen molar-refractivity contribution in [3.63, 3.8) is 0 Å². The molecule has 3 aliphatic heterocycles. The van der Waals surface area contributed by atoms with E-state index in [1.54, 1.807) is 12.3 Å². The van der Waals surface area contributed by atoms with E-state index in [1.807, 2.05) is 6.07 Å². The van der Waals surface area contributed by atoms with Crippen LogP contribution in [0.25, 0.3) is 11.0 Å². The SMILES string of the molecule is O=C(N[C@@H]1C[C@@H]2CCN(C2)C1)c1cc2oc(N3CCCC3)cc2cn1. The van der Waals surface area contributed by atoms with Gasteiger partial charge in [-0.2, -0.15) is 0 Å². The molecule has 0 aliphatic carbocycles. The Hall–Kier alpha value is -2.08. The molecule has 1 N–H and O–H groups in total. The van der Waals surface area contributed by atoms with E-state index in [4.69, 9.17) is 4.42 Å². The van der Waals surface area contributed by atoms with Crippen LogP contribution in [0.15, 0.2) is 22.7 Å². The van der Waals surface area contributed by atoms with Crippen LogP contribution in [-0.4, -0.2) is 54.6 Å². The summed E-state index contributed by atoms with van der Waals surface area (Å²) >= 11 is 0. The van der Waals surface area contributed by atoms with Crippen molar-refractivity contribution in [2.45, 2.75) is 31.7 Å². The molecule has 5 rings (SSSR count). The summed E-state index contributed by atoms with van der Waals surface area (Å²) in [7, 11) is 0. The van der Waals surface area contributed by atoms with Crippen molar-refractivity contribution in [2.24, 2.45) is 5.92 Å². The molecule has 6 heteroatoms. The van der Waals surface area contributed by atoms with Crippen molar-refractivity contribution in [2.75, 3.05) is 37.6 Å². The fraction of sp³-hybridized carbons (Fsp3) is 0.579. The van der Waals surface area contributed by atoms with Gasteiger partial charge in [-0.05, 0) is 38.1 Å². The van der Waals surface area contributed by atoms with Crippen LogP contribution in [0.1, 0.15) is 36.2 Å². The number of furan rings is 1. The Bertz CT molecular complexity index is 784. The second kappa shape index (κ2) is 6.02. The lowest BCUT2D eigenvalue weighted by Gasteiger charge is -2.30. The van der Waals surface area contributed by atoms with Crippen molar-refractivity contribution in [3.05, 3.63) is 24.0 Å². The average Bonchev–Trinajstić information content (AvgIpc) is 3.33. The highest BCUT2D eigenvalue weighted by Gasteiger charge is 2.33. The van der Waals surface area contributed by atoms with Crippen LogP contribution in [0.2, 0.25) is 0 Å². The molecule has 1 unspecified atom stereocenters. The van der Waals surface area contributed by atoms with Crippen LogP contribution >= 0.6 is 0 Å². The molecule has 0 spiro atoms. The maximum Gasteiger partial charge on any atom is 0.270 e. The van der Waals surface area contributed by atoms with Gasteiger partial charge in [-0.3, -0.25) is 9.78 Å². The van der Waals surface area contributed by atoms with E-state index in [0.717, 1.165) is 48.8 Å². The summed E-state index contributed by atoms with van der Waals surface area (Å²) in [4.78, 5) is 21.7. The van der Waals surface area contributed by atoms with Gasteiger partial charge in [-0.1, -0.05) is 0 Å². The molecular weight excluding hydrogens is 316 g/mol. The lowest BCUT2D eigenvalue weighted by atomic mass is 9.97. The molecule has 6 nitrogen and oxygen atoms in total. The Kier molecular flexibility index (Phi) is 3.66. The third-order valence-corrected chi connectivity index (χ3v) is 5.84. The zero-order chi connectivity index (χ0) is 16.8. The fourth-order valence-corrected chi connectivity index (χ4v) is 4.56. The quantitative estimate of drug-likeness (QED) is 0.929. The van der Waals surface area contributed by atoms with E-state index < -0.39 is 0 Å². The predicted octanol–water partition coefficient (Wildman–Crippen LogP) is 2.25. The van der Waals surface area contributed by atoms with Crippen LogP contribution in [0.5, 0.6) is 0 Å². The molecule has 3 fully saturated rings. The third-order valence-electron chi connectivity index (χ3n) is 5.84. The van der Waals surface area contributed by atoms with Crippen molar-refractivity contribution in [1.82, 2.24) is 15.2 Å². The molecule has 3 saturated heterocycles. The van der Waals surface area contributed by atoms with Gasteiger partial charge in [0.15, 0.2) is 5.88 Å². The van der Waals surface area contributed by atoms with Gasteiger partial charge in [-0.25, -0.2) is 0 Å². The van der Waals surface area contributed by atoms with Crippen molar-refractivity contribution in [3.8, 4) is 0 Å². The van der Waals surface area contributed by atoms with Crippen LogP contribution in [0.4, 0.5) is 5.88 Å². The second-order valence-corrected chi connectivity index (χ2v) is 7.71. The molecule has 2 bridgehead atoms. The topological polar surface area (TPSA) is 61.6 Å². The Morgan fingerprint density at radius 3 is 2.92 bits per heavy atom. The van der Waals surface area contributed by atoms with Gasteiger partial charge in [0.25, 0.3) is 5.91 Å². The first kappa shape index (κ1) is 15.2. The summed E-state index contributed by atoms with van der Waals surface area (Å²) in [5.74, 6) is 1.54. The van der Waals surface area contributed by atoms with Gasteiger partial charge in [0, 0.05) is 55.9 Å². The number of carbonyl (C=O) groups is 1. The number of carbonyl (C=O) groups excluding carboxylic acids is 1. The Labute approximate surface area is 147 Å². The summed E-state index contributed by atoms with van der Waals surface area (Å²) in [5.41, 5.74) is 1.19. The fourth-order valence-electron chi connectivity index (χ4n) is 4.56. The first-order chi connectivity index (χ1) is 12.2. The molecule has 0 saturated carbocycles. The number of anilines is 1. The maximum atomic E-state index is 12.6. The minimum Gasteiger partial charge on any atom is -0.440 e. The normalized spacial score (nSPS) is 28.6. The van der Waals surface area contributed by atoms with Crippen LogP contribution in [-0.2, 0) is 0 Å². The van der Waals surface area contributed by atoms with E-state index >= 15 is 0 Å².